The molecule has 3 rings (SSSR count). The molecule has 1 aromatic heterocycles. The molecule has 0 aliphatic carbocycles. The molecule has 0 aliphatic heterocycles. The Hall–Kier alpha value is -2.40. The van der Waals surface area contributed by atoms with Gasteiger partial charge in [0, 0.05) is 10.7 Å². The van der Waals surface area contributed by atoms with Gasteiger partial charge in [-0.2, -0.15) is 0 Å². The first-order valence-electron chi connectivity index (χ1n) is 6.48. The van der Waals surface area contributed by atoms with E-state index in [1.807, 2.05) is 43.3 Å². The summed E-state index contributed by atoms with van der Waals surface area (Å²) < 4.78 is 1.57. The summed E-state index contributed by atoms with van der Waals surface area (Å²) in [5.41, 5.74) is 3.23. The third-order valence-corrected chi connectivity index (χ3v) is 3.58. The van der Waals surface area contributed by atoms with Crippen LogP contribution in [-0.2, 0) is 11.3 Å². The molecule has 0 atom stereocenters. The molecule has 106 valence electrons. The van der Waals surface area contributed by atoms with E-state index in [1.165, 1.54) is 0 Å². The van der Waals surface area contributed by atoms with Crippen LogP contribution in [0.25, 0.3) is 11.0 Å². The highest BCUT2D eigenvalue weighted by Crippen LogP contribution is 2.20. The molecule has 1 amide bonds. The van der Waals surface area contributed by atoms with Gasteiger partial charge < -0.3 is 5.32 Å². The van der Waals surface area contributed by atoms with Crippen LogP contribution in [0.1, 0.15) is 5.56 Å². The summed E-state index contributed by atoms with van der Waals surface area (Å²) in [7, 11) is 0. The molecule has 1 heterocycles. The lowest BCUT2D eigenvalue weighted by atomic mass is 10.2. The Balaban J connectivity index is 1.75. The number of nitrogens with one attached hydrogen (secondary N) is 1. The van der Waals surface area contributed by atoms with Crippen LogP contribution in [0.3, 0.4) is 0 Å². The summed E-state index contributed by atoms with van der Waals surface area (Å²) in [6, 6.07) is 12.9. The van der Waals surface area contributed by atoms with E-state index in [1.54, 1.807) is 10.7 Å². The lowest BCUT2D eigenvalue weighted by molar-refractivity contribution is -0.116. The number of benzene rings is 2. The average molecular weight is 301 g/mol. The number of aryl methyl sites for hydroxylation is 1. The number of fused-ring (bicyclic) bond motifs is 1. The van der Waals surface area contributed by atoms with Crippen LogP contribution in [0.2, 0.25) is 5.02 Å². The van der Waals surface area contributed by atoms with Crippen molar-refractivity contribution in [3.63, 3.8) is 0 Å². The van der Waals surface area contributed by atoms with Crippen molar-refractivity contribution in [2.24, 2.45) is 0 Å². The number of carbonyl (C=O) groups is 1. The molecule has 6 heteroatoms. The monoisotopic (exact) mass is 300 g/mol. The second kappa shape index (κ2) is 5.54. The maximum atomic E-state index is 12.1. The standard InChI is InChI=1S/C15H13ClN4O/c1-10-6-7-11(8-12(10)16)17-15(21)9-20-14-5-3-2-4-13(14)18-19-20/h2-8H,9H2,1H3,(H,17,21). The number of nitrogens with zero attached hydrogens (tertiary/aromatic N) is 3. The van der Waals surface area contributed by atoms with Crippen LogP contribution < -0.4 is 5.32 Å². The minimum absolute atomic E-state index is 0.103. The molecule has 1 N–H and O–H groups in total. The van der Waals surface area contributed by atoms with Crippen molar-refractivity contribution >= 4 is 34.2 Å². The van der Waals surface area contributed by atoms with E-state index in [0.717, 1.165) is 16.6 Å². The zero-order valence-electron chi connectivity index (χ0n) is 11.4. The molecular weight excluding hydrogens is 288 g/mol. The maximum absolute atomic E-state index is 12.1. The SMILES string of the molecule is Cc1ccc(NC(=O)Cn2nnc3ccccc32)cc1Cl. The van der Waals surface area contributed by atoms with Gasteiger partial charge in [-0.05, 0) is 36.8 Å². The van der Waals surface area contributed by atoms with Crippen LogP contribution in [0, 0.1) is 6.92 Å². The lowest BCUT2D eigenvalue weighted by Crippen LogP contribution is -2.19. The van der Waals surface area contributed by atoms with Gasteiger partial charge in [0.25, 0.3) is 0 Å². The summed E-state index contributed by atoms with van der Waals surface area (Å²) in [6.45, 7) is 2.02. The Morgan fingerprint density at radius 1 is 1.29 bits per heavy atom. The number of hydrogen-bond donors (Lipinski definition) is 1. The third-order valence-electron chi connectivity index (χ3n) is 3.17. The normalized spacial score (nSPS) is 10.8. The molecule has 21 heavy (non-hydrogen) atoms. The molecule has 0 unspecified atom stereocenters. The summed E-state index contributed by atoms with van der Waals surface area (Å²) in [6.07, 6.45) is 0. The van der Waals surface area contributed by atoms with E-state index in [2.05, 4.69) is 15.6 Å². The topological polar surface area (TPSA) is 59.8 Å². The molecule has 0 bridgehead atoms. The van der Waals surface area contributed by atoms with Gasteiger partial charge in [0.15, 0.2) is 0 Å². The molecule has 0 spiro atoms. The van der Waals surface area contributed by atoms with E-state index in [-0.39, 0.29) is 12.5 Å². The summed E-state index contributed by atoms with van der Waals surface area (Å²) in [4.78, 5) is 12.1. The number of amides is 1. The van der Waals surface area contributed by atoms with E-state index in [4.69, 9.17) is 11.6 Å². The van der Waals surface area contributed by atoms with Crippen molar-refractivity contribution in [3.05, 3.63) is 53.1 Å². The smallest absolute Gasteiger partial charge is 0.246 e. The van der Waals surface area contributed by atoms with E-state index in [0.29, 0.717) is 10.7 Å². The summed E-state index contributed by atoms with van der Waals surface area (Å²) >= 11 is 6.04. The Bertz CT molecular complexity index is 812. The highest BCUT2D eigenvalue weighted by atomic mass is 35.5. The van der Waals surface area contributed by atoms with Crippen molar-refractivity contribution in [1.29, 1.82) is 0 Å². The minimum Gasteiger partial charge on any atom is -0.324 e. The fourth-order valence-electron chi connectivity index (χ4n) is 2.04. The number of carbonyl (C=O) groups excluding carboxylic acids is 1. The molecule has 0 saturated carbocycles. The average Bonchev–Trinajstić information content (AvgIpc) is 2.86. The highest BCUT2D eigenvalue weighted by molar-refractivity contribution is 6.31. The first kappa shape index (κ1) is 13.6. The van der Waals surface area contributed by atoms with Gasteiger partial charge in [-0.25, -0.2) is 4.68 Å². The predicted octanol–water partition coefficient (Wildman–Crippen LogP) is 3.03. The number of halogens is 1. The summed E-state index contributed by atoms with van der Waals surface area (Å²) in [5, 5.41) is 11.4. The van der Waals surface area contributed by atoms with Gasteiger partial charge >= 0.3 is 0 Å². The Morgan fingerprint density at radius 3 is 2.90 bits per heavy atom. The molecule has 2 aromatic carbocycles. The van der Waals surface area contributed by atoms with Crippen LogP contribution in [-0.4, -0.2) is 20.9 Å². The molecule has 0 aliphatic rings. The van der Waals surface area contributed by atoms with Gasteiger partial charge in [-0.3, -0.25) is 4.79 Å². The largest absolute Gasteiger partial charge is 0.324 e. The third kappa shape index (κ3) is 2.87. The quantitative estimate of drug-likeness (QED) is 0.809. The van der Waals surface area contributed by atoms with Crippen molar-refractivity contribution in [2.45, 2.75) is 13.5 Å². The van der Waals surface area contributed by atoms with Gasteiger partial charge in [0.2, 0.25) is 5.91 Å². The number of aromatic nitrogens is 3. The molecular formula is C15H13ClN4O. The fourth-order valence-corrected chi connectivity index (χ4v) is 2.22. The Morgan fingerprint density at radius 2 is 2.10 bits per heavy atom. The number of hydrogen-bond acceptors (Lipinski definition) is 3. The lowest BCUT2D eigenvalue weighted by Gasteiger charge is -2.07. The zero-order chi connectivity index (χ0) is 14.8. The number of rotatable bonds is 3. The van der Waals surface area contributed by atoms with Crippen molar-refractivity contribution in [2.75, 3.05) is 5.32 Å². The molecule has 5 nitrogen and oxygen atoms in total. The highest BCUT2D eigenvalue weighted by Gasteiger charge is 2.09. The molecule has 0 radical (unpaired) electrons. The van der Waals surface area contributed by atoms with Crippen LogP contribution >= 0.6 is 11.6 Å². The van der Waals surface area contributed by atoms with E-state index >= 15 is 0 Å². The predicted molar refractivity (Wildman–Crippen MR) is 82.3 cm³/mol. The van der Waals surface area contributed by atoms with E-state index in [9.17, 15) is 4.79 Å². The fraction of sp³-hybridized carbons (Fsp3) is 0.133. The van der Waals surface area contributed by atoms with Crippen LogP contribution in [0.4, 0.5) is 5.69 Å². The van der Waals surface area contributed by atoms with Gasteiger partial charge in [0.1, 0.15) is 12.1 Å². The molecule has 3 aromatic rings. The van der Waals surface area contributed by atoms with Crippen molar-refractivity contribution in [1.82, 2.24) is 15.0 Å². The molecule has 0 fully saturated rings. The van der Waals surface area contributed by atoms with Crippen molar-refractivity contribution in [3.8, 4) is 0 Å². The number of anilines is 1. The van der Waals surface area contributed by atoms with Gasteiger partial charge in [-0.1, -0.05) is 35.0 Å². The zero-order valence-corrected chi connectivity index (χ0v) is 12.1. The Labute approximate surface area is 126 Å². The first-order valence-corrected chi connectivity index (χ1v) is 6.85. The van der Waals surface area contributed by atoms with Crippen LogP contribution in [0.5, 0.6) is 0 Å². The minimum atomic E-state index is -0.175. The second-order valence-corrected chi connectivity index (χ2v) is 5.16. The maximum Gasteiger partial charge on any atom is 0.246 e. The summed E-state index contributed by atoms with van der Waals surface area (Å²) in [5.74, 6) is -0.175. The first-order chi connectivity index (χ1) is 10.1. The van der Waals surface area contributed by atoms with E-state index < -0.39 is 0 Å². The molecule has 0 saturated heterocycles. The second-order valence-electron chi connectivity index (χ2n) is 4.75. The van der Waals surface area contributed by atoms with Crippen molar-refractivity contribution < 1.29 is 4.79 Å². The van der Waals surface area contributed by atoms with Gasteiger partial charge in [0.05, 0.1) is 5.52 Å². The van der Waals surface area contributed by atoms with Crippen LogP contribution in [0.15, 0.2) is 42.5 Å². The van der Waals surface area contributed by atoms with Gasteiger partial charge in [-0.15, -0.1) is 5.10 Å². The number of para-hydroxylation sites is 1. The Kier molecular flexibility index (Phi) is 3.58.